The van der Waals surface area contributed by atoms with Crippen molar-refractivity contribution in [3.05, 3.63) is 70.3 Å². The van der Waals surface area contributed by atoms with Crippen molar-refractivity contribution in [1.29, 1.82) is 0 Å². The molecule has 5 nitrogen and oxygen atoms in total. The number of benzene rings is 1. The van der Waals surface area contributed by atoms with E-state index in [1.54, 1.807) is 15.3 Å². The van der Waals surface area contributed by atoms with Crippen molar-refractivity contribution >= 4 is 5.65 Å². The lowest BCUT2D eigenvalue weighted by molar-refractivity contribution is 0.171. The maximum absolute atomic E-state index is 12.3. The summed E-state index contributed by atoms with van der Waals surface area (Å²) in [6.45, 7) is 5.95. The van der Waals surface area contributed by atoms with E-state index in [0.29, 0.717) is 6.54 Å². The van der Waals surface area contributed by atoms with Crippen LogP contribution < -0.4 is 5.69 Å². The van der Waals surface area contributed by atoms with Gasteiger partial charge in [-0.3, -0.25) is 4.40 Å². The number of hydrogen-bond donors (Lipinski definition) is 0. The van der Waals surface area contributed by atoms with E-state index in [2.05, 4.69) is 41.2 Å². The fourth-order valence-corrected chi connectivity index (χ4v) is 3.97. The minimum absolute atomic E-state index is 0.0430. The Morgan fingerprint density at radius 3 is 2.56 bits per heavy atom. The maximum atomic E-state index is 12.3. The Balaban J connectivity index is 1.24. The van der Waals surface area contributed by atoms with Gasteiger partial charge in [0.1, 0.15) is 0 Å². The van der Waals surface area contributed by atoms with Crippen molar-refractivity contribution in [1.82, 2.24) is 19.1 Å². The molecule has 1 fully saturated rings. The molecular weight excluding hydrogens is 336 g/mol. The van der Waals surface area contributed by atoms with Gasteiger partial charge in [0.2, 0.25) is 0 Å². The molecule has 1 aliphatic rings. The monoisotopic (exact) mass is 364 g/mol. The minimum Gasteiger partial charge on any atom is -0.301 e. The third-order valence-corrected chi connectivity index (χ3v) is 5.79. The quantitative estimate of drug-likeness (QED) is 0.675. The number of likely N-dealkylation sites (tertiary alicyclic amines) is 1. The molecule has 0 bridgehead atoms. The SMILES string of the molecule is Cc1ccc(CCC2CCN(CCn3nc4ccccn4c3=O)CC2)cc1. The number of aryl methyl sites for hydroxylation is 2. The molecule has 4 rings (SSSR count). The molecule has 3 heterocycles. The molecule has 3 aromatic rings. The Bertz CT molecular complexity index is 933. The lowest BCUT2D eigenvalue weighted by atomic mass is 9.90. The van der Waals surface area contributed by atoms with E-state index in [1.165, 1.54) is 36.8 Å². The molecule has 142 valence electrons. The molecule has 0 atom stereocenters. The second-order valence-electron chi connectivity index (χ2n) is 7.74. The van der Waals surface area contributed by atoms with Crippen molar-refractivity contribution in [2.45, 2.75) is 39.2 Å². The second kappa shape index (κ2) is 8.09. The van der Waals surface area contributed by atoms with Gasteiger partial charge in [-0.15, -0.1) is 5.10 Å². The maximum Gasteiger partial charge on any atom is 0.350 e. The summed E-state index contributed by atoms with van der Waals surface area (Å²) in [5.41, 5.74) is 3.46. The van der Waals surface area contributed by atoms with Gasteiger partial charge < -0.3 is 4.90 Å². The molecule has 0 amide bonds. The zero-order chi connectivity index (χ0) is 18.6. The van der Waals surface area contributed by atoms with Gasteiger partial charge in [0, 0.05) is 12.7 Å². The number of aromatic nitrogens is 3. The van der Waals surface area contributed by atoms with Crippen molar-refractivity contribution in [2.24, 2.45) is 5.92 Å². The van der Waals surface area contributed by atoms with Crippen molar-refractivity contribution < 1.29 is 0 Å². The summed E-state index contributed by atoms with van der Waals surface area (Å²) in [6.07, 6.45) is 6.75. The van der Waals surface area contributed by atoms with Crippen LogP contribution >= 0.6 is 0 Å². The highest BCUT2D eigenvalue weighted by atomic mass is 16.2. The summed E-state index contributed by atoms with van der Waals surface area (Å²) in [7, 11) is 0. The molecule has 0 saturated carbocycles. The highest BCUT2D eigenvalue weighted by Gasteiger charge is 2.19. The van der Waals surface area contributed by atoms with Crippen LogP contribution in [0.2, 0.25) is 0 Å². The first-order valence-corrected chi connectivity index (χ1v) is 10.0. The predicted molar refractivity (Wildman–Crippen MR) is 108 cm³/mol. The van der Waals surface area contributed by atoms with Crippen LogP contribution in [0.1, 0.15) is 30.4 Å². The van der Waals surface area contributed by atoms with Crippen molar-refractivity contribution in [2.75, 3.05) is 19.6 Å². The highest BCUT2D eigenvalue weighted by Crippen LogP contribution is 2.22. The molecule has 5 heteroatoms. The van der Waals surface area contributed by atoms with E-state index in [1.807, 2.05) is 18.2 Å². The number of hydrogen-bond acceptors (Lipinski definition) is 3. The van der Waals surface area contributed by atoms with Crippen LogP contribution in [-0.2, 0) is 13.0 Å². The molecule has 0 spiro atoms. The molecule has 0 radical (unpaired) electrons. The third kappa shape index (κ3) is 4.30. The van der Waals surface area contributed by atoms with Crippen LogP contribution in [0.25, 0.3) is 5.65 Å². The average Bonchev–Trinajstić information content (AvgIpc) is 3.03. The van der Waals surface area contributed by atoms with Crippen molar-refractivity contribution in [3.63, 3.8) is 0 Å². The van der Waals surface area contributed by atoms with Crippen LogP contribution in [-0.4, -0.2) is 38.7 Å². The number of nitrogens with zero attached hydrogens (tertiary/aromatic N) is 4. The van der Waals surface area contributed by atoms with E-state index in [9.17, 15) is 4.79 Å². The number of piperidine rings is 1. The van der Waals surface area contributed by atoms with E-state index in [0.717, 1.165) is 31.2 Å². The van der Waals surface area contributed by atoms with Gasteiger partial charge in [-0.05, 0) is 69.3 Å². The van der Waals surface area contributed by atoms with E-state index < -0.39 is 0 Å². The van der Waals surface area contributed by atoms with Gasteiger partial charge in [0.25, 0.3) is 0 Å². The number of pyridine rings is 1. The molecule has 1 aliphatic heterocycles. The Morgan fingerprint density at radius 1 is 1.04 bits per heavy atom. The average molecular weight is 364 g/mol. The first-order valence-electron chi connectivity index (χ1n) is 10.0. The third-order valence-electron chi connectivity index (χ3n) is 5.79. The minimum atomic E-state index is -0.0430. The largest absolute Gasteiger partial charge is 0.350 e. The normalized spacial score (nSPS) is 16.2. The van der Waals surface area contributed by atoms with Gasteiger partial charge in [-0.2, -0.15) is 0 Å². The zero-order valence-corrected chi connectivity index (χ0v) is 16.1. The molecule has 2 aromatic heterocycles. The van der Waals surface area contributed by atoms with Gasteiger partial charge in [-0.1, -0.05) is 35.9 Å². The van der Waals surface area contributed by atoms with E-state index in [-0.39, 0.29) is 5.69 Å². The Morgan fingerprint density at radius 2 is 1.81 bits per heavy atom. The summed E-state index contributed by atoms with van der Waals surface area (Å²) in [4.78, 5) is 14.8. The zero-order valence-electron chi connectivity index (χ0n) is 16.1. The standard InChI is InChI=1S/C22H28N4O/c1-18-5-7-19(8-6-18)9-10-20-11-14-24(15-12-20)16-17-26-22(27)25-13-3-2-4-21(25)23-26/h2-8,13,20H,9-12,14-17H2,1H3. The van der Waals surface area contributed by atoms with Crippen LogP contribution in [0.4, 0.5) is 0 Å². The second-order valence-corrected chi connectivity index (χ2v) is 7.74. The highest BCUT2D eigenvalue weighted by molar-refractivity contribution is 5.35. The summed E-state index contributed by atoms with van der Waals surface area (Å²) >= 11 is 0. The van der Waals surface area contributed by atoms with Gasteiger partial charge in [0.15, 0.2) is 5.65 Å². The molecule has 0 N–H and O–H groups in total. The Kier molecular flexibility index (Phi) is 5.39. The van der Waals surface area contributed by atoms with E-state index >= 15 is 0 Å². The number of rotatable bonds is 6. The van der Waals surface area contributed by atoms with Crippen LogP contribution in [0.5, 0.6) is 0 Å². The first-order chi connectivity index (χ1) is 13.2. The molecule has 1 saturated heterocycles. The number of fused-ring (bicyclic) bond motifs is 1. The summed E-state index contributed by atoms with van der Waals surface area (Å²) in [5.74, 6) is 0.820. The summed E-state index contributed by atoms with van der Waals surface area (Å²) in [5, 5.41) is 4.42. The smallest absolute Gasteiger partial charge is 0.301 e. The first kappa shape index (κ1) is 18.0. The molecular formula is C22H28N4O. The topological polar surface area (TPSA) is 42.5 Å². The molecule has 27 heavy (non-hydrogen) atoms. The van der Waals surface area contributed by atoms with Gasteiger partial charge >= 0.3 is 5.69 Å². The fraction of sp³-hybridized carbons (Fsp3) is 0.455. The van der Waals surface area contributed by atoms with E-state index in [4.69, 9.17) is 0 Å². The van der Waals surface area contributed by atoms with Gasteiger partial charge in [-0.25, -0.2) is 9.48 Å². The van der Waals surface area contributed by atoms with Crippen LogP contribution in [0, 0.1) is 12.8 Å². The lowest BCUT2D eigenvalue weighted by Gasteiger charge is -2.31. The van der Waals surface area contributed by atoms with Crippen LogP contribution in [0.3, 0.4) is 0 Å². The summed E-state index contributed by atoms with van der Waals surface area (Å²) in [6, 6.07) is 14.6. The molecule has 0 aliphatic carbocycles. The fourth-order valence-electron chi connectivity index (χ4n) is 3.97. The predicted octanol–water partition coefficient (Wildman–Crippen LogP) is 3.15. The lowest BCUT2D eigenvalue weighted by Crippen LogP contribution is -2.37. The van der Waals surface area contributed by atoms with Gasteiger partial charge in [0.05, 0.1) is 6.54 Å². The Labute approximate surface area is 160 Å². The Hall–Kier alpha value is -2.40. The van der Waals surface area contributed by atoms with Crippen LogP contribution in [0.15, 0.2) is 53.5 Å². The molecule has 1 aromatic carbocycles. The molecule has 0 unspecified atom stereocenters. The van der Waals surface area contributed by atoms with Crippen molar-refractivity contribution in [3.8, 4) is 0 Å². The summed E-state index contributed by atoms with van der Waals surface area (Å²) < 4.78 is 3.20.